The molecule has 0 aromatic heterocycles. The second-order valence-electron chi connectivity index (χ2n) is 8.65. The number of rotatable bonds is 7. The number of amides is 3. The van der Waals surface area contributed by atoms with Crippen molar-refractivity contribution in [3.8, 4) is 5.75 Å². The van der Waals surface area contributed by atoms with Gasteiger partial charge in [-0.05, 0) is 74.6 Å². The Bertz CT molecular complexity index is 1000. The van der Waals surface area contributed by atoms with Crippen LogP contribution in [-0.4, -0.2) is 42.3 Å². The summed E-state index contributed by atoms with van der Waals surface area (Å²) in [6, 6.07) is 12.4. The molecule has 1 saturated heterocycles. The number of anilines is 1. The average molecular weight is 452 g/mol. The Morgan fingerprint density at radius 1 is 1.12 bits per heavy atom. The number of hydrogen-bond donors (Lipinski definition) is 2. The van der Waals surface area contributed by atoms with Crippen LogP contribution >= 0.6 is 0 Å². The molecule has 7 nitrogen and oxygen atoms in total. The van der Waals surface area contributed by atoms with Gasteiger partial charge in [-0.2, -0.15) is 0 Å². The Morgan fingerprint density at radius 3 is 2.45 bits per heavy atom. The molecule has 0 saturated carbocycles. The van der Waals surface area contributed by atoms with Crippen molar-refractivity contribution in [3.63, 3.8) is 0 Å². The van der Waals surface area contributed by atoms with Gasteiger partial charge < -0.3 is 20.3 Å². The highest BCUT2D eigenvalue weighted by Crippen LogP contribution is 2.24. The van der Waals surface area contributed by atoms with Gasteiger partial charge in [-0.15, -0.1) is 0 Å². The number of aryl methyl sites for hydroxylation is 1. The van der Waals surface area contributed by atoms with Crippen LogP contribution in [0.1, 0.15) is 67.1 Å². The van der Waals surface area contributed by atoms with Crippen LogP contribution in [0.2, 0.25) is 0 Å². The summed E-state index contributed by atoms with van der Waals surface area (Å²) in [5, 5.41) is 5.76. The maximum absolute atomic E-state index is 12.9. The largest absolute Gasteiger partial charge is 0.497 e. The maximum atomic E-state index is 12.9. The van der Waals surface area contributed by atoms with Crippen molar-refractivity contribution in [1.82, 2.24) is 10.2 Å². The zero-order chi connectivity index (χ0) is 24.0. The van der Waals surface area contributed by atoms with Crippen LogP contribution < -0.4 is 15.4 Å². The third-order valence-corrected chi connectivity index (χ3v) is 6.10. The fourth-order valence-electron chi connectivity index (χ4n) is 4.22. The van der Waals surface area contributed by atoms with Crippen molar-refractivity contribution in [2.24, 2.45) is 0 Å². The number of ether oxygens (including phenoxy) is 1. The summed E-state index contributed by atoms with van der Waals surface area (Å²) in [6.45, 7) is 6.18. The summed E-state index contributed by atoms with van der Waals surface area (Å²) < 4.78 is 5.18. The van der Waals surface area contributed by atoms with Gasteiger partial charge in [0.05, 0.1) is 19.6 Å². The first-order valence-corrected chi connectivity index (χ1v) is 11.4. The van der Waals surface area contributed by atoms with E-state index in [9.17, 15) is 14.4 Å². The molecule has 33 heavy (non-hydrogen) atoms. The van der Waals surface area contributed by atoms with Crippen LogP contribution in [0.4, 0.5) is 5.69 Å². The van der Waals surface area contributed by atoms with Crippen molar-refractivity contribution in [2.45, 2.75) is 58.5 Å². The minimum Gasteiger partial charge on any atom is -0.497 e. The van der Waals surface area contributed by atoms with E-state index in [1.54, 1.807) is 31.4 Å². The van der Waals surface area contributed by atoms with E-state index in [4.69, 9.17) is 4.74 Å². The molecule has 1 aliphatic heterocycles. The highest BCUT2D eigenvalue weighted by molar-refractivity contribution is 5.97. The number of likely N-dealkylation sites (tertiary alicyclic amines) is 1. The van der Waals surface area contributed by atoms with Crippen LogP contribution in [-0.2, 0) is 9.59 Å². The highest BCUT2D eigenvalue weighted by Gasteiger charge is 2.24. The highest BCUT2D eigenvalue weighted by atomic mass is 16.5. The van der Waals surface area contributed by atoms with Gasteiger partial charge in [0.25, 0.3) is 5.91 Å². The molecular formula is C26H33N3O4. The van der Waals surface area contributed by atoms with Crippen LogP contribution in [0.15, 0.2) is 42.5 Å². The predicted octanol–water partition coefficient (Wildman–Crippen LogP) is 4.22. The number of hydrogen-bond acceptors (Lipinski definition) is 4. The van der Waals surface area contributed by atoms with Crippen LogP contribution in [0.25, 0.3) is 0 Å². The topological polar surface area (TPSA) is 87.7 Å². The van der Waals surface area contributed by atoms with Gasteiger partial charge in [-0.1, -0.05) is 12.1 Å². The van der Waals surface area contributed by atoms with Crippen molar-refractivity contribution in [3.05, 3.63) is 59.2 Å². The molecule has 2 aromatic rings. The molecule has 1 aliphatic rings. The first-order chi connectivity index (χ1) is 15.8. The molecule has 0 radical (unpaired) electrons. The maximum Gasteiger partial charge on any atom is 0.254 e. The van der Waals surface area contributed by atoms with E-state index in [-0.39, 0.29) is 30.2 Å². The summed E-state index contributed by atoms with van der Waals surface area (Å²) in [7, 11) is 1.59. The summed E-state index contributed by atoms with van der Waals surface area (Å²) in [6.07, 6.45) is 3.30. The fraction of sp³-hybridized carbons (Fsp3) is 0.423. The van der Waals surface area contributed by atoms with Crippen molar-refractivity contribution >= 4 is 23.4 Å². The number of nitrogens with one attached hydrogen (secondary N) is 2. The molecule has 2 aromatic carbocycles. The van der Waals surface area contributed by atoms with Crippen LogP contribution in [0.5, 0.6) is 5.75 Å². The summed E-state index contributed by atoms with van der Waals surface area (Å²) in [5.41, 5.74) is 2.92. The lowest BCUT2D eigenvalue weighted by Crippen LogP contribution is -2.42. The van der Waals surface area contributed by atoms with Gasteiger partial charge in [0, 0.05) is 30.8 Å². The monoisotopic (exact) mass is 451 g/mol. The molecule has 1 heterocycles. The lowest BCUT2D eigenvalue weighted by molar-refractivity contribution is -0.120. The lowest BCUT2D eigenvalue weighted by Gasteiger charge is -2.33. The van der Waals surface area contributed by atoms with E-state index >= 15 is 0 Å². The van der Waals surface area contributed by atoms with E-state index in [1.807, 2.05) is 30.0 Å². The van der Waals surface area contributed by atoms with E-state index in [2.05, 4.69) is 17.6 Å². The van der Waals surface area contributed by atoms with Gasteiger partial charge in [-0.3, -0.25) is 14.4 Å². The minimum atomic E-state index is -0.463. The van der Waals surface area contributed by atoms with Crippen LogP contribution in [0.3, 0.4) is 0 Å². The molecule has 176 valence electrons. The first-order valence-electron chi connectivity index (χ1n) is 11.4. The standard InChI is InChI=1S/C26H33N3O4/c1-17-15-21(26(32)29-14-6-5-7-18(29)2)10-13-23(17)28-25(31)16-24(27-19(3)30)20-8-11-22(33-4)12-9-20/h8-13,15,18,24H,5-7,14,16H2,1-4H3,(H,27,30)(H,28,31). The van der Waals surface area contributed by atoms with Crippen molar-refractivity contribution in [1.29, 1.82) is 0 Å². The minimum absolute atomic E-state index is 0.0356. The molecule has 2 unspecified atom stereocenters. The second kappa shape index (κ2) is 11.0. The quantitative estimate of drug-likeness (QED) is 0.660. The summed E-state index contributed by atoms with van der Waals surface area (Å²) in [5.74, 6) is 0.299. The first kappa shape index (κ1) is 24.3. The Hall–Kier alpha value is -3.35. The van der Waals surface area contributed by atoms with Gasteiger partial charge in [0.1, 0.15) is 5.75 Å². The van der Waals surface area contributed by atoms with E-state index < -0.39 is 6.04 Å². The molecule has 3 amide bonds. The molecule has 0 spiro atoms. The Morgan fingerprint density at radius 2 is 1.85 bits per heavy atom. The third-order valence-electron chi connectivity index (χ3n) is 6.10. The molecule has 2 N–H and O–H groups in total. The zero-order valence-corrected chi connectivity index (χ0v) is 19.8. The Kier molecular flexibility index (Phi) is 8.09. The molecule has 0 aliphatic carbocycles. The molecule has 2 atom stereocenters. The average Bonchev–Trinajstić information content (AvgIpc) is 2.79. The smallest absolute Gasteiger partial charge is 0.254 e. The molecule has 3 rings (SSSR count). The lowest BCUT2D eigenvalue weighted by atomic mass is 10.0. The van der Waals surface area contributed by atoms with Gasteiger partial charge >= 0.3 is 0 Å². The van der Waals surface area contributed by atoms with E-state index in [1.165, 1.54) is 6.92 Å². The van der Waals surface area contributed by atoms with Crippen molar-refractivity contribution in [2.75, 3.05) is 19.0 Å². The Balaban J connectivity index is 1.68. The third kappa shape index (κ3) is 6.34. The number of carbonyl (C=O) groups is 3. The zero-order valence-electron chi connectivity index (χ0n) is 19.8. The van der Waals surface area contributed by atoms with Gasteiger partial charge in [0.15, 0.2) is 0 Å². The molecular weight excluding hydrogens is 418 g/mol. The number of benzene rings is 2. The number of carbonyl (C=O) groups excluding carboxylic acids is 3. The fourth-order valence-corrected chi connectivity index (χ4v) is 4.22. The number of nitrogens with zero attached hydrogens (tertiary/aromatic N) is 1. The molecule has 7 heteroatoms. The van der Waals surface area contributed by atoms with E-state index in [0.29, 0.717) is 17.0 Å². The Labute approximate surface area is 195 Å². The predicted molar refractivity (Wildman–Crippen MR) is 128 cm³/mol. The summed E-state index contributed by atoms with van der Waals surface area (Å²) >= 11 is 0. The van der Waals surface area contributed by atoms with Crippen LogP contribution in [0, 0.1) is 6.92 Å². The number of methoxy groups -OCH3 is 1. The van der Waals surface area contributed by atoms with Gasteiger partial charge in [0.2, 0.25) is 11.8 Å². The van der Waals surface area contributed by atoms with E-state index in [0.717, 1.165) is 36.9 Å². The SMILES string of the molecule is COc1ccc(C(CC(=O)Nc2ccc(C(=O)N3CCCCC3C)cc2C)NC(C)=O)cc1. The van der Waals surface area contributed by atoms with Crippen molar-refractivity contribution < 1.29 is 19.1 Å². The molecule has 0 bridgehead atoms. The second-order valence-corrected chi connectivity index (χ2v) is 8.65. The normalized spacial score (nSPS) is 16.6. The molecule has 1 fully saturated rings. The summed E-state index contributed by atoms with van der Waals surface area (Å²) in [4.78, 5) is 39.4. The number of piperidine rings is 1. The van der Waals surface area contributed by atoms with Gasteiger partial charge in [-0.25, -0.2) is 0 Å².